The molecular formula is C22H31N5O2S. The van der Waals surface area contributed by atoms with E-state index in [0.29, 0.717) is 24.7 Å². The smallest absolute Gasteiger partial charge is 0.237 e. The third kappa shape index (κ3) is 5.41. The first-order valence-electron chi connectivity index (χ1n) is 10.6. The summed E-state index contributed by atoms with van der Waals surface area (Å²) in [5, 5.41) is 12.1. The number of aromatic nitrogens is 3. The highest BCUT2D eigenvalue weighted by atomic mass is 32.2. The molecule has 1 N–H and O–H groups in total. The molecule has 30 heavy (non-hydrogen) atoms. The summed E-state index contributed by atoms with van der Waals surface area (Å²) in [6.07, 6.45) is 3.70. The number of carbonyl (C=O) groups excluding carboxylic acids is 2. The van der Waals surface area contributed by atoms with Gasteiger partial charge in [0.2, 0.25) is 11.8 Å². The zero-order valence-electron chi connectivity index (χ0n) is 18.3. The van der Waals surface area contributed by atoms with Gasteiger partial charge in [-0.1, -0.05) is 30.3 Å². The maximum Gasteiger partial charge on any atom is 0.237 e. The van der Waals surface area contributed by atoms with Crippen molar-refractivity contribution < 1.29 is 9.59 Å². The van der Waals surface area contributed by atoms with Crippen LogP contribution in [0.15, 0.2) is 23.4 Å². The summed E-state index contributed by atoms with van der Waals surface area (Å²) >= 11 is 1.39. The Labute approximate surface area is 182 Å². The minimum absolute atomic E-state index is 0.0661. The highest BCUT2D eigenvalue weighted by Gasteiger charge is 2.23. The Morgan fingerprint density at radius 3 is 2.80 bits per heavy atom. The largest absolute Gasteiger partial charge is 0.335 e. The quantitative estimate of drug-likeness (QED) is 0.675. The molecule has 1 saturated heterocycles. The summed E-state index contributed by atoms with van der Waals surface area (Å²) in [7, 11) is 0. The van der Waals surface area contributed by atoms with Gasteiger partial charge in [0, 0.05) is 25.2 Å². The Morgan fingerprint density at radius 2 is 2.03 bits per heavy atom. The summed E-state index contributed by atoms with van der Waals surface area (Å²) in [6, 6.07) is 6.02. The summed E-state index contributed by atoms with van der Waals surface area (Å²) in [4.78, 5) is 27.0. The molecule has 0 bridgehead atoms. The van der Waals surface area contributed by atoms with Crippen LogP contribution < -0.4 is 5.32 Å². The molecule has 8 heteroatoms. The van der Waals surface area contributed by atoms with Crippen LogP contribution in [0.5, 0.6) is 0 Å². The van der Waals surface area contributed by atoms with Crippen LogP contribution >= 0.6 is 11.8 Å². The monoisotopic (exact) mass is 429 g/mol. The lowest BCUT2D eigenvalue weighted by molar-refractivity contribution is -0.131. The Morgan fingerprint density at radius 1 is 1.23 bits per heavy atom. The number of likely N-dealkylation sites (tertiary alicyclic amines) is 1. The summed E-state index contributed by atoms with van der Waals surface area (Å²) < 4.78 is 2.00. The molecule has 7 nitrogen and oxygen atoms in total. The molecule has 0 aliphatic carbocycles. The summed E-state index contributed by atoms with van der Waals surface area (Å²) in [5.74, 6) is 0.898. The summed E-state index contributed by atoms with van der Waals surface area (Å²) in [5.41, 5.74) is 2.98. The van der Waals surface area contributed by atoms with Crippen LogP contribution in [-0.4, -0.2) is 43.3 Å². The molecule has 1 aliphatic rings. The van der Waals surface area contributed by atoms with Crippen LogP contribution in [0.2, 0.25) is 0 Å². The van der Waals surface area contributed by atoms with E-state index in [1.807, 2.05) is 55.4 Å². The van der Waals surface area contributed by atoms with Crippen molar-refractivity contribution in [2.45, 2.75) is 76.9 Å². The molecule has 0 saturated carbocycles. The van der Waals surface area contributed by atoms with E-state index in [2.05, 4.69) is 15.5 Å². The van der Waals surface area contributed by atoms with E-state index in [-0.39, 0.29) is 17.1 Å². The van der Waals surface area contributed by atoms with Gasteiger partial charge in [0.25, 0.3) is 0 Å². The molecule has 0 radical (unpaired) electrons. The fourth-order valence-electron chi connectivity index (χ4n) is 3.53. The first kappa shape index (κ1) is 22.3. The van der Waals surface area contributed by atoms with Crippen LogP contribution in [0, 0.1) is 13.8 Å². The van der Waals surface area contributed by atoms with E-state index in [4.69, 9.17) is 0 Å². The summed E-state index contributed by atoms with van der Waals surface area (Å²) in [6.45, 7) is 9.83. The lowest BCUT2D eigenvalue weighted by Crippen LogP contribution is -2.31. The molecule has 1 atom stereocenters. The van der Waals surface area contributed by atoms with Crippen LogP contribution in [0.4, 0.5) is 5.69 Å². The maximum atomic E-state index is 12.7. The van der Waals surface area contributed by atoms with Crippen molar-refractivity contribution in [1.29, 1.82) is 0 Å². The van der Waals surface area contributed by atoms with E-state index in [9.17, 15) is 9.59 Å². The molecule has 1 fully saturated rings. The number of anilines is 1. The normalized spacial score (nSPS) is 15.7. The molecule has 2 heterocycles. The lowest BCUT2D eigenvalue weighted by atomic mass is 10.1. The molecule has 3 rings (SSSR count). The van der Waals surface area contributed by atoms with Gasteiger partial charge >= 0.3 is 0 Å². The number of aryl methyl sites for hydroxylation is 2. The highest BCUT2D eigenvalue weighted by Crippen LogP contribution is 2.25. The molecule has 0 spiro atoms. The second-order valence-electron chi connectivity index (χ2n) is 7.84. The number of amides is 2. The molecule has 1 aromatic carbocycles. The van der Waals surface area contributed by atoms with Gasteiger partial charge in [0.15, 0.2) is 11.0 Å². The fraction of sp³-hybridized carbons (Fsp3) is 0.545. The number of thioether (sulfide) groups is 1. The van der Waals surface area contributed by atoms with Gasteiger partial charge in [-0.3, -0.25) is 9.59 Å². The maximum absolute atomic E-state index is 12.7. The SMILES string of the molecule is CCn1c(CN2CCCCCC2=O)nnc1S[C@H](C)C(=O)Nc1cc(C)ccc1C. The molecule has 1 aliphatic heterocycles. The van der Waals surface area contributed by atoms with Crippen molar-refractivity contribution >= 4 is 29.3 Å². The van der Waals surface area contributed by atoms with Crippen LogP contribution in [-0.2, 0) is 22.7 Å². The number of hydrogen-bond donors (Lipinski definition) is 1. The van der Waals surface area contributed by atoms with Crippen molar-refractivity contribution in [1.82, 2.24) is 19.7 Å². The first-order chi connectivity index (χ1) is 14.4. The Kier molecular flexibility index (Phi) is 7.53. The Bertz CT molecular complexity index is 911. The molecule has 0 unspecified atom stereocenters. The second kappa shape index (κ2) is 10.1. The van der Waals surface area contributed by atoms with Crippen LogP contribution in [0.3, 0.4) is 0 Å². The van der Waals surface area contributed by atoms with Crippen molar-refractivity contribution in [3.05, 3.63) is 35.2 Å². The molecule has 2 aromatic rings. The molecule has 2 amide bonds. The topological polar surface area (TPSA) is 80.1 Å². The fourth-order valence-corrected chi connectivity index (χ4v) is 4.47. The number of hydrogen-bond acceptors (Lipinski definition) is 5. The third-order valence-electron chi connectivity index (χ3n) is 5.42. The van der Waals surface area contributed by atoms with Gasteiger partial charge in [-0.05, 0) is 57.7 Å². The molecular weight excluding hydrogens is 398 g/mol. The minimum atomic E-state index is -0.327. The number of nitrogens with zero attached hydrogens (tertiary/aromatic N) is 4. The van der Waals surface area contributed by atoms with Gasteiger partial charge in [-0.2, -0.15) is 0 Å². The van der Waals surface area contributed by atoms with Gasteiger partial charge < -0.3 is 14.8 Å². The van der Waals surface area contributed by atoms with Crippen molar-refractivity contribution in [3.63, 3.8) is 0 Å². The second-order valence-corrected chi connectivity index (χ2v) is 9.14. The number of benzene rings is 1. The number of carbonyl (C=O) groups is 2. The average molecular weight is 430 g/mol. The van der Waals surface area contributed by atoms with E-state index >= 15 is 0 Å². The van der Waals surface area contributed by atoms with Gasteiger partial charge in [-0.25, -0.2) is 0 Å². The predicted molar refractivity (Wildman–Crippen MR) is 119 cm³/mol. The predicted octanol–water partition coefficient (Wildman–Crippen LogP) is 3.94. The highest BCUT2D eigenvalue weighted by molar-refractivity contribution is 8.00. The lowest BCUT2D eigenvalue weighted by Gasteiger charge is -2.20. The zero-order valence-corrected chi connectivity index (χ0v) is 19.1. The molecule has 1 aromatic heterocycles. The first-order valence-corrected chi connectivity index (χ1v) is 11.5. The van der Waals surface area contributed by atoms with Crippen LogP contribution in [0.25, 0.3) is 0 Å². The van der Waals surface area contributed by atoms with Crippen molar-refractivity contribution in [2.75, 3.05) is 11.9 Å². The average Bonchev–Trinajstić information content (AvgIpc) is 2.97. The van der Waals surface area contributed by atoms with E-state index in [1.54, 1.807) is 0 Å². The van der Waals surface area contributed by atoms with Crippen molar-refractivity contribution in [3.8, 4) is 0 Å². The zero-order chi connectivity index (χ0) is 21.7. The van der Waals surface area contributed by atoms with E-state index < -0.39 is 0 Å². The standard InChI is InChI=1S/C22H31N5O2S/c1-5-27-19(14-26-12-8-6-7-9-20(26)28)24-25-22(27)30-17(4)21(29)23-18-13-15(2)10-11-16(18)3/h10-11,13,17H,5-9,12,14H2,1-4H3,(H,23,29)/t17-/m1/s1. The minimum Gasteiger partial charge on any atom is -0.335 e. The van der Waals surface area contributed by atoms with E-state index in [0.717, 1.165) is 48.4 Å². The van der Waals surface area contributed by atoms with E-state index in [1.165, 1.54) is 11.8 Å². The third-order valence-corrected chi connectivity index (χ3v) is 6.50. The van der Waals surface area contributed by atoms with Gasteiger partial charge in [0.05, 0.1) is 11.8 Å². The number of rotatable bonds is 7. The van der Waals surface area contributed by atoms with Crippen LogP contribution in [0.1, 0.15) is 56.5 Å². The Balaban J connectivity index is 1.67. The van der Waals surface area contributed by atoms with Crippen molar-refractivity contribution in [2.24, 2.45) is 0 Å². The van der Waals surface area contributed by atoms with Gasteiger partial charge in [-0.15, -0.1) is 10.2 Å². The molecule has 162 valence electrons. The number of nitrogens with one attached hydrogen (secondary N) is 1. The Hall–Kier alpha value is -2.35. The van der Waals surface area contributed by atoms with Gasteiger partial charge in [0.1, 0.15) is 0 Å².